The SMILES string of the molecule is C.C.C.C.CCC(C)C(C)CC. The average Bonchev–Trinajstić information content (AvgIpc) is 1.84. The Morgan fingerprint density at radius 3 is 0.917 bits per heavy atom. The molecule has 0 spiro atoms. The molecule has 0 aromatic carbocycles. The van der Waals surface area contributed by atoms with Crippen molar-refractivity contribution in [3.05, 3.63) is 0 Å². The lowest BCUT2D eigenvalue weighted by Crippen LogP contribution is -2.04. The first-order valence-electron chi connectivity index (χ1n) is 3.72. The van der Waals surface area contributed by atoms with Crippen molar-refractivity contribution < 1.29 is 0 Å². The fraction of sp³-hybridized carbons (Fsp3) is 1.00. The van der Waals surface area contributed by atoms with Crippen LogP contribution in [0.3, 0.4) is 0 Å². The van der Waals surface area contributed by atoms with Crippen LogP contribution in [0.5, 0.6) is 0 Å². The molecule has 0 amide bonds. The van der Waals surface area contributed by atoms with E-state index >= 15 is 0 Å². The van der Waals surface area contributed by atoms with Crippen molar-refractivity contribution in [3.63, 3.8) is 0 Å². The molecule has 0 heterocycles. The third kappa shape index (κ3) is 12.7. The largest absolute Gasteiger partial charge is 0.0776 e. The summed E-state index contributed by atoms with van der Waals surface area (Å²) in [6.45, 7) is 9.18. The van der Waals surface area contributed by atoms with Crippen LogP contribution in [0.4, 0.5) is 0 Å². The fourth-order valence-corrected chi connectivity index (χ4v) is 0.805. The van der Waals surface area contributed by atoms with Crippen LogP contribution in [-0.2, 0) is 0 Å². The summed E-state index contributed by atoms with van der Waals surface area (Å²) >= 11 is 0. The average molecular weight is 178 g/mol. The van der Waals surface area contributed by atoms with E-state index in [1.807, 2.05) is 0 Å². The van der Waals surface area contributed by atoms with Crippen LogP contribution in [0.25, 0.3) is 0 Å². The quantitative estimate of drug-likeness (QED) is 0.526. The third-order valence-corrected chi connectivity index (χ3v) is 2.26. The van der Waals surface area contributed by atoms with Gasteiger partial charge in [0.2, 0.25) is 0 Å². The van der Waals surface area contributed by atoms with Gasteiger partial charge in [0.1, 0.15) is 0 Å². The second kappa shape index (κ2) is 17.2. The van der Waals surface area contributed by atoms with Crippen LogP contribution < -0.4 is 0 Å². The lowest BCUT2D eigenvalue weighted by Gasteiger charge is -2.14. The minimum Gasteiger partial charge on any atom is -0.0776 e. The number of hydrogen-bond acceptors (Lipinski definition) is 0. The molecule has 0 aliphatic rings. The van der Waals surface area contributed by atoms with Gasteiger partial charge < -0.3 is 0 Å². The maximum Gasteiger partial charge on any atom is -0.0420 e. The van der Waals surface area contributed by atoms with Gasteiger partial charge in [0.05, 0.1) is 0 Å². The van der Waals surface area contributed by atoms with Crippen molar-refractivity contribution in [2.45, 2.75) is 70.2 Å². The van der Waals surface area contributed by atoms with Crippen molar-refractivity contribution in [3.8, 4) is 0 Å². The van der Waals surface area contributed by atoms with Gasteiger partial charge in [-0.15, -0.1) is 0 Å². The summed E-state index contributed by atoms with van der Waals surface area (Å²) in [5.74, 6) is 1.83. The molecule has 0 N–H and O–H groups in total. The molecule has 0 fully saturated rings. The number of rotatable bonds is 3. The molecule has 2 atom stereocenters. The molecule has 0 rings (SSSR count). The topological polar surface area (TPSA) is 0 Å². The molecule has 12 heavy (non-hydrogen) atoms. The van der Waals surface area contributed by atoms with E-state index < -0.39 is 0 Å². The molecule has 2 unspecified atom stereocenters. The second-order valence-corrected chi connectivity index (χ2v) is 2.77. The highest BCUT2D eigenvalue weighted by Crippen LogP contribution is 2.16. The first-order valence-corrected chi connectivity index (χ1v) is 3.72. The molecular weight excluding hydrogens is 144 g/mol. The monoisotopic (exact) mass is 178 g/mol. The molecule has 0 bridgehead atoms. The Hall–Kier alpha value is 0. The Morgan fingerprint density at radius 1 is 0.667 bits per heavy atom. The van der Waals surface area contributed by atoms with Crippen LogP contribution >= 0.6 is 0 Å². The lowest BCUT2D eigenvalue weighted by molar-refractivity contribution is 0.367. The Labute approximate surface area is 82.8 Å². The summed E-state index contributed by atoms with van der Waals surface area (Å²) in [6, 6.07) is 0. The Morgan fingerprint density at radius 2 is 0.833 bits per heavy atom. The Bertz CT molecular complexity index is 40.0. The second-order valence-electron chi connectivity index (χ2n) is 2.77. The molecule has 82 valence electrons. The van der Waals surface area contributed by atoms with Crippen molar-refractivity contribution in [2.24, 2.45) is 11.8 Å². The first kappa shape index (κ1) is 29.6. The smallest absolute Gasteiger partial charge is 0.0420 e. The van der Waals surface area contributed by atoms with E-state index in [1.165, 1.54) is 12.8 Å². The lowest BCUT2D eigenvalue weighted by atomic mass is 9.92. The van der Waals surface area contributed by atoms with Crippen molar-refractivity contribution in [1.29, 1.82) is 0 Å². The summed E-state index contributed by atoms with van der Waals surface area (Å²) in [4.78, 5) is 0. The van der Waals surface area contributed by atoms with E-state index in [1.54, 1.807) is 0 Å². The molecule has 0 saturated heterocycles. The highest BCUT2D eigenvalue weighted by atomic mass is 14.1. The Balaban J connectivity index is -0.0000000408. The molecule has 0 radical (unpaired) electrons. The van der Waals surface area contributed by atoms with Gasteiger partial charge in [-0.2, -0.15) is 0 Å². The minimum atomic E-state index is 0. The predicted octanol–water partition coefficient (Wildman–Crippen LogP) is 5.62. The zero-order valence-corrected chi connectivity index (χ0v) is 6.57. The molecule has 0 aromatic rings. The summed E-state index contributed by atoms with van der Waals surface area (Å²) in [5.41, 5.74) is 0. The van der Waals surface area contributed by atoms with Crippen LogP contribution in [0, 0.1) is 11.8 Å². The summed E-state index contributed by atoms with van der Waals surface area (Å²) in [7, 11) is 0. The van der Waals surface area contributed by atoms with Gasteiger partial charge >= 0.3 is 0 Å². The molecular formula is C12H34. The van der Waals surface area contributed by atoms with E-state index in [0.29, 0.717) is 0 Å². The fourth-order valence-electron chi connectivity index (χ4n) is 0.805. The third-order valence-electron chi connectivity index (χ3n) is 2.26. The zero-order valence-electron chi connectivity index (χ0n) is 6.57. The van der Waals surface area contributed by atoms with Crippen LogP contribution in [0.15, 0.2) is 0 Å². The van der Waals surface area contributed by atoms with Gasteiger partial charge in [0.15, 0.2) is 0 Å². The van der Waals surface area contributed by atoms with Gasteiger partial charge in [0, 0.05) is 0 Å². The standard InChI is InChI=1S/C8H18.4CH4/c1-5-7(3)8(4)6-2;;;;/h7-8H,5-6H2,1-4H3;4*1H4. The highest BCUT2D eigenvalue weighted by molar-refractivity contribution is 4.56. The summed E-state index contributed by atoms with van der Waals surface area (Å²) < 4.78 is 0. The van der Waals surface area contributed by atoms with Gasteiger partial charge in [0.25, 0.3) is 0 Å². The maximum absolute atomic E-state index is 2.33. The van der Waals surface area contributed by atoms with E-state index in [-0.39, 0.29) is 29.7 Å². The van der Waals surface area contributed by atoms with Crippen molar-refractivity contribution in [2.75, 3.05) is 0 Å². The Kier molecular flexibility index (Phi) is 42.4. The number of hydrogen-bond donors (Lipinski definition) is 0. The van der Waals surface area contributed by atoms with Crippen molar-refractivity contribution in [1.82, 2.24) is 0 Å². The molecule has 0 aliphatic heterocycles. The van der Waals surface area contributed by atoms with Crippen LogP contribution in [0.1, 0.15) is 70.2 Å². The molecule has 0 aromatic heterocycles. The normalized spacial score (nSPS) is 12.0. The first-order chi connectivity index (χ1) is 3.72. The molecule has 0 nitrogen and oxygen atoms in total. The van der Waals surface area contributed by atoms with Crippen LogP contribution in [-0.4, -0.2) is 0 Å². The summed E-state index contributed by atoms with van der Waals surface area (Å²) in [5, 5.41) is 0. The van der Waals surface area contributed by atoms with Gasteiger partial charge in [-0.25, -0.2) is 0 Å². The zero-order chi connectivity index (χ0) is 6.57. The van der Waals surface area contributed by atoms with E-state index in [9.17, 15) is 0 Å². The van der Waals surface area contributed by atoms with Gasteiger partial charge in [-0.1, -0.05) is 70.2 Å². The van der Waals surface area contributed by atoms with Gasteiger partial charge in [-0.3, -0.25) is 0 Å². The van der Waals surface area contributed by atoms with Crippen molar-refractivity contribution >= 4 is 0 Å². The van der Waals surface area contributed by atoms with Crippen LogP contribution in [0.2, 0.25) is 0 Å². The van der Waals surface area contributed by atoms with E-state index in [2.05, 4.69) is 27.7 Å². The predicted molar refractivity (Wildman–Crippen MR) is 65.8 cm³/mol. The molecule has 0 saturated carbocycles. The highest BCUT2D eigenvalue weighted by Gasteiger charge is 2.05. The van der Waals surface area contributed by atoms with E-state index in [0.717, 1.165) is 11.8 Å². The molecule has 0 aliphatic carbocycles. The van der Waals surface area contributed by atoms with Gasteiger partial charge in [-0.05, 0) is 11.8 Å². The maximum atomic E-state index is 2.33. The van der Waals surface area contributed by atoms with E-state index in [4.69, 9.17) is 0 Å². The minimum absolute atomic E-state index is 0. The molecule has 0 heteroatoms. The summed E-state index contributed by atoms with van der Waals surface area (Å²) in [6.07, 6.45) is 2.66.